The molecule has 2 aromatic heterocycles. The Labute approximate surface area is 175 Å². The molecule has 3 heterocycles. The molecule has 1 aliphatic rings. The molecule has 1 aliphatic heterocycles. The Hall–Kier alpha value is -2.16. The highest BCUT2D eigenvalue weighted by atomic mass is 32.2. The van der Waals surface area contributed by atoms with E-state index in [9.17, 15) is 13.2 Å². The summed E-state index contributed by atoms with van der Waals surface area (Å²) in [6.07, 6.45) is 5.83. The molecule has 29 heavy (non-hydrogen) atoms. The van der Waals surface area contributed by atoms with Gasteiger partial charge in [0.15, 0.2) is 0 Å². The first-order chi connectivity index (χ1) is 14.0. The zero-order chi connectivity index (χ0) is 20.3. The number of sulfonamides is 1. The summed E-state index contributed by atoms with van der Waals surface area (Å²) in [7, 11) is -3.48. The first-order valence-corrected chi connectivity index (χ1v) is 12.2. The number of rotatable bonds is 6. The predicted octanol–water partition coefficient (Wildman–Crippen LogP) is 3.58. The fourth-order valence-corrected chi connectivity index (χ4v) is 5.91. The number of carbonyl (C=O) groups excluding carboxylic acids is 1. The number of benzene rings is 1. The highest BCUT2D eigenvalue weighted by Crippen LogP contribution is 2.25. The van der Waals surface area contributed by atoms with Crippen LogP contribution in [0.4, 0.5) is 0 Å². The minimum atomic E-state index is -3.48. The minimum Gasteiger partial charge on any atom is -0.350 e. The molecule has 0 spiro atoms. The Balaban J connectivity index is 1.49. The lowest BCUT2D eigenvalue weighted by Gasteiger charge is -2.20. The van der Waals surface area contributed by atoms with Crippen molar-refractivity contribution in [2.75, 3.05) is 13.1 Å². The zero-order valence-electron chi connectivity index (χ0n) is 16.2. The van der Waals surface area contributed by atoms with Crippen molar-refractivity contribution in [1.29, 1.82) is 0 Å². The Bertz CT molecular complexity index is 1080. The monoisotopic (exact) mass is 431 g/mol. The van der Waals surface area contributed by atoms with Crippen LogP contribution in [0.2, 0.25) is 0 Å². The summed E-state index contributed by atoms with van der Waals surface area (Å²) in [5.41, 5.74) is 0.853. The van der Waals surface area contributed by atoms with Crippen LogP contribution in [0.1, 0.15) is 30.6 Å². The van der Waals surface area contributed by atoms with Gasteiger partial charge in [-0.15, -0.1) is 11.3 Å². The van der Waals surface area contributed by atoms with Gasteiger partial charge in [-0.2, -0.15) is 4.31 Å². The summed E-state index contributed by atoms with van der Waals surface area (Å²) in [6, 6.07) is 11.0. The largest absolute Gasteiger partial charge is 0.350 e. The highest BCUT2D eigenvalue weighted by Gasteiger charge is 2.25. The quantitative estimate of drug-likeness (QED) is 0.648. The molecule has 154 valence electrons. The van der Waals surface area contributed by atoms with Crippen molar-refractivity contribution in [2.24, 2.45) is 0 Å². The van der Waals surface area contributed by atoms with Crippen LogP contribution in [-0.2, 0) is 27.9 Å². The van der Waals surface area contributed by atoms with Crippen molar-refractivity contribution in [1.82, 2.24) is 14.2 Å². The number of fused-ring (bicyclic) bond motifs is 1. The molecular weight excluding hydrogens is 406 g/mol. The number of aromatic nitrogens is 1. The highest BCUT2D eigenvalue weighted by molar-refractivity contribution is 7.89. The first-order valence-electron chi connectivity index (χ1n) is 9.92. The molecular formula is C21H25N3O3S2. The summed E-state index contributed by atoms with van der Waals surface area (Å²) >= 11 is 1.61. The van der Waals surface area contributed by atoms with E-state index in [0.29, 0.717) is 24.5 Å². The summed E-state index contributed by atoms with van der Waals surface area (Å²) in [4.78, 5) is 13.7. The van der Waals surface area contributed by atoms with E-state index in [4.69, 9.17) is 0 Å². The van der Waals surface area contributed by atoms with Crippen molar-refractivity contribution in [3.63, 3.8) is 0 Å². The summed E-state index contributed by atoms with van der Waals surface area (Å²) in [6.45, 7) is 1.90. The third-order valence-corrected chi connectivity index (χ3v) is 8.07. The maximum absolute atomic E-state index is 13.0. The zero-order valence-corrected chi connectivity index (χ0v) is 17.8. The maximum Gasteiger partial charge on any atom is 0.243 e. The van der Waals surface area contributed by atoms with Gasteiger partial charge in [-0.1, -0.05) is 18.9 Å². The molecule has 0 bridgehead atoms. The van der Waals surface area contributed by atoms with E-state index in [-0.39, 0.29) is 12.5 Å². The first kappa shape index (κ1) is 20.1. The second-order valence-electron chi connectivity index (χ2n) is 7.34. The van der Waals surface area contributed by atoms with Gasteiger partial charge in [0.1, 0.15) is 6.54 Å². The Morgan fingerprint density at radius 1 is 1.07 bits per heavy atom. The lowest BCUT2D eigenvalue weighted by molar-refractivity contribution is -0.121. The van der Waals surface area contributed by atoms with Crippen LogP contribution in [0.15, 0.2) is 52.9 Å². The van der Waals surface area contributed by atoms with Crippen LogP contribution < -0.4 is 5.32 Å². The Morgan fingerprint density at radius 2 is 1.86 bits per heavy atom. The molecule has 0 radical (unpaired) electrons. The third kappa shape index (κ3) is 4.55. The van der Waals surface area contributed by atoms with Gasteiger partial charge in [0.05, 0.1) is 11.4 Å². The van der Waals surface area contributed by atoms with E-state index in [1.54, 1.807) is 33.8 Å². The lowest BCUT2D eigenvalue weighted by Crippen LogP contribution is -2.31. The van der Waals surface area contributed by atoms with Gasteiger partial charge in [0.25, 0.3) is 0 Å². The second kappa shape index (κ2) is 8.69. The van der Waals surface area contributed by atoms with Gasteiger partial charge in [0, 0.05) is 35.1 Å². The number of hydrogen-bond donors (Lipinski definition) is 1. The summed E-state index contributed by atoms with van der Waals surface area (Å²) < 4.78 is 29.5. The van der Waals surface area contributed by atoms with Crippen molar-refractivity contribution in [3.8, 4) is 0 Å². The Morgan fingerprint density at radius 3 is 2.59 bits per heavy atom. The number of hydrogen-bond acceptors (Lipinski definition) is 4. The molecule has 6 nitrogen and oxygen atoms in total. The molecule has 1 N–H and O–H groups in total. The van der Waals surface area contributed by atoms with Crippen molar-refractivity contribution in [3.05, 3.63) is 52.9 Å². The van der Waals surface area contributed by atoms with E-state index in [0.717, 1.165) is 41.5 Å². The maximum atomic E-state index is 13.0. The summed E-state index contributed by atoms with van der Waals surface area (Å²) in [5, 5.41) is 5.73. The standard InChI is InChI=1S/C21H25N3O3S2/c25-21(22-15-18-6-5-13-28-18)16-23-12-9-17-14-19(7-8-20(17)23)29(26,27)24-10-3-1-2-4-11-24/h5-9,12-14H,1-4,10-11,15-16H2,(H,22,25). The van der Waals surface area contributed by atoms with Crippen molar-refractivity contribution in [2.45, 2.75) is 43.7 Å². The minimum absolute atomic E-state index is 0.0721. The topological polar surface area (TPSA) is 71.4 Å². The molecule has 1 amide bonds. The molecule has 4 rings (SSSR count). The van der Waals surface area contributed by atoms with E-state index in [2.05, 4.69) is 5.32 Å². The van der Waals surface area contributed by atoms with Crippen LogP contribution in [0.3, 0.4) is 0 Å². The summed E-state index contributed by atoms with van der Waals surface area (Å²) in [5.74, 6) is -0.0721. The van der Waals surface area contributed by atoms with Crippen LogP contribution in [0, 0.1) is 0 Å². The molecule has 1 saturated heterocycles. The van der Waals surface area contributed by atoms with E-state index in [1.165, 1.54) is 0 Å². The molecule has 0 atom stereocenters. The second-order valence-corrected chi connectivity index (χ2v) is 10.3. The van der Waals surface area contributed by atoms with E-state index in [1.807, 2.05) is 34.3 Å². The smallest absolute Gasteiger partial charge is 0.243 e. The van der Waals surface area contributed by atoms with Gasteiger partial charge >= 0.3 is 0 Å². The molecule has 1 aromatic carbocycles. The predicted molar refractivity (Wildman–Crippen MR) is 115 cm³/mol. The molecule has 0 aliphatic carbocycles. The molecule has 1 fully saturated rings. The number of amides is 1. The van der Waals surface area contributed by atoms with Crippen LogP contribution in [0.5, 0.6) is 0 Å². The molecule has 0 unspecified atom stereocenters. The van der Waals surface area contributed by atoms with E-state index < -0.39 is 10.0 Å². The van der Waals surface area contributed by atoms with Crippen LogP contribution in [-0.4, -0.2) is 36.3 Å². The number of thiophene rings is 1. The molecule has 3 aromatic rings. The van der Waals surface area contributed by atoms with Crippen LogP contribution in [0.25, 0.3) is 10.9 Å². The van der Waals surface area contributed by atoms with Gasteiger partial charge in [-0.25, -0.2) is 8.42 Å². The van der Waals surface area contributed by atoms with Crippen molar-refractivity contribution < 1.29 is 13.2 Å². The normalized spacial score (nSPS) is 16.0. The lowest BCUT2D eigenvalue weighted by atomic mass is 10.2. The van der Waals surface area contributed by atoms with Crippen LogP contribution >= 0.6 is 11.3 Å². The molecule has 8 heteroatoms. The van der Waals surface area contributed by atoms with E-state index >= 15 is 0 Å². The van der Waals surface area contributed by atoms with Gasteiger partial charge in [-0.05, 0) is 48.6 Å². The third-order valence-electron chi connectivity index (χ3n) is 5.30. The van der Waals surface area contributed by atoms with Gasteiger partial charge < -0.3 is 9.88 Å². The number of carbonyl (C=O) groups is 1. The van der Waals surface area contributed by atoms with Crippen molar-refractivity contribution >= 4 is 38.2 Å². The van der Waals surface area contributed by atoms with Gasteiger partial charge in [-0.3, -0.25) is 4.79 Å². The molecule has 0 saturated carbocycles. The SMILES string of the molecule is O=C(Cn1ccc2cc(S(=O)(=O)N3CCCCCC3)ccc21)NCc1cccs1. The van der Waals surface area contributed by atoms with Gasteiger partial charge in [0.2, 0.25) is 15.9 Å². The number of nitrogens with one attached hydrogen (secondary N) is 1. The fourth-order valence-electron chi connectivity index (χ4n) is 3.72. The fraction of sp³-hybridized carbons (Fsp3) is 0.381. The average molecular weight is 432 g/mol. The average Bonchev–Trinajstić information content (AvgIpc) is 3.28. The Kier molecular flexibility index (Phi) is 6.03. The number of nitrogens with zero attached hydrogens (tertiary/aromatic N) is 2.